The number of likely N-dealkylation sites (tertiary alicyclic amines) is 1. The number of fused-ring (bicyclic) bond motifs is 3. The summed E-state index contributed by atoms with van der Waals surface area (Å²) in [6.45, 7) is 2.27. The van der Waals surface area contributed by atoms with Gasteiger partial charge in [0.1, 0.15) is 0 Å². The van der Waals surface area contributed by atoms with Crippen molar-refractivity contribution < 1.29 is 9.00 Å². The molecule has 0 radical (unpaired) electrons. The number of rotatable bonds is 4. The normalized spacial score (nSPS) is 29.6. The van der Waals surface area contributed by atoms with Crippen molar-refractivity contribution in [3.05, 3.63) is 39.8 Å². The Morgan fingerprint density at radius 2 is 1.70 bits per heavy atom. The number of allylic oxidation sites excluding steroid dienone is 1. The summed E-state index contributed by atoms with van der Waals surface area (Å²) in [4.78, 5) is 15.0. The quantitative estimate of drug-likeness (QED) is 0.681. The standard InChI is InChI=1S/C23H32N4O2S/c1-27-13-18-10-15(11-19(18)14-27)8-9-30(24,29)26-23(28)25-22-20-6-2-4-16(20)12-17-5-3-7-21(17)22/h8-9,12,15,18-19H,2-7,10-11,13-14H2,1H3,(H3,24,25,26,28,29)/b9-8+. The third-order valence-electron chi connectivity index (χ3n) is 7.47. The molecule has 30 heavy (non-hydrogen) atoms. The summed E-state index contributed by atoms with van der Waals surface area (Å²) in [7, 11) is -1.14. The average Bonchev–Trinajstić information content (AvgIpc) is 3.42. The maximum Gasteiger partial charge on any atom is 0.331 e. The number of anilines is 1. The minimum atomic E-state index is -3.30. The van der Waals surface area contributed by atoms with Gasteiger partial charge >= 0.3 is 6.03 Å². The number of nitrogens with zero attached hydrogens (tertiary/aromatic N) is 1. The fraction of sp³-hybridized carbons (Fsp3) is 0.609. The Bertz CT molecular complexity index is 955. The van der Waals surface area contributed by atoms with Crippen molar-refractivity contribution in [2.24, 2.45) is 17.8 Å². The van der Waals surface area contributed by atoms with Gasteiger partial charge in [0, 0.05) is 24.2 Å². The number of nitrogens with one attached hydrogen (secondary N) is 3. The maximum absolute atomic E-state index is 12.7. The molecular weight excluding hydrogens is 396 g/mol. The van der Waals surface area contributed by atoms with Crippen LogP contribution in [0.25, 0.3) is 0 Å². The summed E-state index contributed by atoms with van der Waals surface area (Å²) in [6.07, 6.45) is 10.4. The van der Waals surface area contributed by atoms with Crippen LogP contribution in [0.5, 0.6) is 0 Å². The van der Waals surface area contributed by atoms with Crippen molar-refractivity contribution >= 4 is 21.6 Å². The van der Waals surface area contributed by atoms with Gasteiger partial charge in [0.2, 0.25) is 0 Å². The maximum atomic E-state index is 12.7. The first-order valence-corrected chi connectivity index (χ1v) is 12.9. The van der Waals surface area contributed by atoms with Crippen molar-refractivity contribution in [1.29, 1.82) is 4.78 Å². The summed E-state index contributed by atoms with van der Waals surface area (Å²) in [6, 6.07) is 1.79. The molecule has 162 valence electrons. The third-order valence-corrected chi connectivity index (χ3v) is 8.50. The highest BCUT2D eigenvalue weighted by Gasteiger charge is 2.38. The molecule has 1 aliphatic heterocycles. The van der Waals surface area contributed by atoms with E-state index in [0.717, 1.165) is 70.1 Å². The second-order valence-corrected chi connectivity index (χ2v) is 11.4. The Morgan fingerprint density at radius 1 is 1.10 bits per heavy atom. The topological polar surface area (TPSA) is 85.3 Å². The SMILES string of the molecule is CN1CC2CC(/C=C/S(=N)(=O)NC(=O)Nc3c4c(cc5c3CCC5)CCC4)CC2C1. The van der Waals surface area contributed by atoms with Crippen LogP contribution < -0.4 is 10.0 Å². The molecule has 1 aromatic rings. The summed E-state index contributed by atoms with van der Waals surface area (Å²) >= 11 is 0. The molecule has 1 saturated heterocycles. The molecule has 3 atom stereocenters. The van der Waals surface area contributed by atoms with Crippen molar-refractivity contribution in [1.82, 2.24) is 9.62 Å². The van der Waals surface area contributed by atoms with Gasteiger partial charge in [-0.3, -0.25) is 0 Å². The van der Waals surface area contributed by atoms with Crippen LogP contribution in [0.15, 0.2) is 17.6 Å². The lowest BCUT2D eigenvalue weighted by Crippen LogP contribution is -2.33. The van der Waals surface area contributed by atoms with E-state index >= 15 is 0 Å². The Kier molecular flexibility index (Phi) is 5.14. The van der Waals surface area contributed by atoms with Crippen LogP contribution in [-0.2, 0) is 35.6 Å². The Morgan fingerprint density at radius 3 is 2.30 bits per heavy atom. The summed E-state index contributed by atoms with van der Waals surface area (Å²) in [5, 5.41) is 4.39. The Balaban J connectivity index is 1.24. The summed E-state index contributed by atoms with van der Waals surface area (Å²) in [5.41, 5.74) is 6.08. The van der Waals surface area contributed by atoms with E-state index in [1.165, 1.54) is 27.7 Å². The molecule has 3 N–H and O–H groups in total. The molecule has 2 fully saturated rings. The average molecular weight is 429 g/mol. The smallest absolute Gasteiger partial charge is 0.307 e. The molecule has 0 aromatic heterocycles. The van der Waals surface area contributed by atoms with Crippen LogP contribution in [0.3, 0.4) is 0 Å². The number of hydrogen-bond acceptors (Lipinski definition) is 4. The van der Waals surface area contributed by atoms with Crippen LogP contribution in [0.2, 0.25) is 0 Å². The lowest BCUT2D eigenvalue weighted by Gasteiger charge is -2.17. The van der Waals surface area contributed by atoms with Crippen LogP contribution in [0.4, 0.5) is 10.5 Å². The fourth-order valence-corrected chi connectivity index (χ4v) is 7.08. The number of aryl methyl sites for hydroxylation is 2. The number of urea groups is 1. The molecule has 2 amide bonds. The molecule has 1 aromatic carbocycles. The molecule has 5 rings (SSSR count). The van der Waals surface area contributed by atoms with E-state index in [1.807, 2.05) is 6.08 Å². The molecule has 4 aliphatic rings. The van der Waals surface area contributed by atoms with Gasteiger partial charge < -0.3 is 10.2 Å². The van der Waals surface area contributed by atoms with E-state index in [9.17, 15) is 9.00 Å². The van der Waals surface area contributed by atoms with Crippen LogP contribution in [0.1, 0.15) is 47.9 Å². The van der Waals surface area contributed by atoms with E-state index in [-0.39, 0.29) is 0 Å². The highest BCUT2D eigenvalue weighted by atomic mass is 32.2. The van der Waals surface area contributed by atoms with Gasteiger partial charge in [-0.2, -0.15) is 0 Å². The first-order chi connectivity index (χ1) is 14.4. The first-order valence-electron chi connectivity index (χ1n) is 11.3. The van der Waals surface area contributed by atoms with Crippen molar-refractivity contribution in [2.75, 3.05) is 25.5 Å². The number of carbonyl (C=O) groups is 1. The number of amides is 2. The lowest BCUT2D eigenvalue weighted by atomic mass is 9.99. The molecular formula is C23H32N4O2S. The minimum Gasteiger partial charge on any atom is -0.307 e. The number of carbonyl (C=O) groups excluding carboxylic acids is 1. The number of benzene rings is 1. The third kappa shape index (κ3) is 3.89. The second-order valence-electron chi connectivity index (χ2n) is 9.69. The Labute approximate surface area is 179 Å². The summed E-state index contributed by atoms with van der Waals surface area (Å²) in [5.74, 6) is 1.79. The van der Waals surface area contributed by atoms with E-state index in [4.69, 9.17) is 4.78 Å². The van der Waals surface area contributed by atoms with Gasteiger partial charge in [0.25, 0.3) is 0 Å². The number of hydrogen-bond donors (Lipinski definition) is 3. The zero-order valence-electron chi connectivity index (χ0n) is 17.7. The van der Waals surface area contributed by atoms with E-state index < -0.39 is 15.9 Å². The predicted octanol–water partition coefficient (Wildman–Crippen LogP) is 3.85. The van der Waals surface area contributed by atoms with Crippen LogP contribution in [0, 0.1) is 22.5 Å². The van der Waals surface area contributed by atoms with Crippen molar-refractivity contribution in [3.8, 4) is 0 Å². The molecule has 3 unspecified atom stereocenters. The Hall–Kier alpha value is -1.86. The zero-order valence-corrected chi connectivity index (χ0v) is 18.5. The monoisotopic (exact) mass is 428 g/mol. The highest BCUT2D eigenvalue weighted by Crippen LogP contribution is 2.41. The molecule has 1 saturated carbocycles. The molecule has 3 aliphatic carbocycles. The fourth-order valence-electron chi connectivity index (χ4n) is 6.24. The molecule has 0 bridgehead atoms. The predicted molar refractivity (Wildman–Crippen MR) is 120 cm³/mol. The van der Waals surface area contributed by atoms with Gasteiger partial charge in [-0.05, 0) is 98.4 Å². The van der Waals surface area contributed by atoms with E-state index in [0.29, 0.717) is 17.8 Å². The van der Waals surface area contributed by atoms with Gasteiger partial charge in [-0.25, -0.2) is 18.5 Å². The highest BCUT2D eigenvalue weighted by molar-refractivity contribution is 7.93. The molecule has 7 heteroatoms. The molecule has 6 nitrogen and oxygen atoms in total. The van der Waals surface area contributed by atoms with Crippen LogP contribution >= 0.6 is 0 Å². The van der Waals surface area contributed by atoms with Gasteiger partial charge in [-0.15, -0.1) is 0 Å². The van der Waals surface area contributed by atoms with E-state index in [1.54, 1.807) is 0 Å². The van der Waals surface area contributed by atoms with Gasteiger partial charge in [-0.1, -0.05) is 12.1 Å². The second kappa shape index (κ2) is 7.68. The zero-order chi connectivity index (χ0) is 20.9. The minimum absolute atomic E-state index is 0.366. The van der Waals surface area contributed by atoms with Gasteiger partial charge in [0.15, 0.2) is 9.92 Å². The summed E-state index contributed by atoms with van der Waals surface area (Å²) < 4.78 is 23.3. The van der Waals surface area contributed by atoms with Gasteiger partial charge in [0.05, 0.1) is 0 Å². The van der Waals surface area contributed by atoms with Crippen molar-refractivity contribution in [3.63, 3.8) is 0 Å². The largest absolute Gasteiger partial charge is 0.331 e. The van der Waals surface area contributed by atoms with E-state index in [2.05, 4.69) is 28.1 Å². The molecule has 1 heterocycles. The van der Waals surface area contributed by atoms with Crippen molar-refractivity contribution in [2.45, 2.75) is 51.4 Å². The first kappa shape index (κ1) is 20.1. The molecule has 0 spiro atoms. The lowest BCUT2D eigenvalue weighted by molar-refractivity contribution is 0.257. The van der Waals surface area contributed by atoms with Crippen LogP contribution in [-0.4, -0.2) is 35.3 Å².